The number of alkyl halides is 1. The number of halogens is 2. The molecule has 0 spiro atoms. The van der Waals surface area contributed by atoms with Crippen LogP contribution in [0.25, 0.3) is 0 Å². The molecule has 0 radical (unpaired) electrons. The van der Waals surface area contributed by atoms with Gasteiger partial charge in [0.05, 0.1) is 4.87 Å². The molecule has 8 heavy (non-hydrogen) atoms. The summed E-state index contributed by atoms with van der Waals surface area (Å²) >= 11 is 11.8. The summed E-state index contributed by atoms with van der Waals surface area (Å²) in [5, 5.41) is 1.03. The predicted molar refractivity (Wildman–Crippen MR) is 35.3 cm³/mol. The lowest BCUT2D eigenvalue weighted by atomic mass is 9.86. The van der Waals surface area contributed by atoms with Crippen molar-refractivity contribution in [2.75, 3.05) is 0 Å². The Kier molecular flexibility index (Phi) is 0.799. The number of hydrogen-bond donors (Lipinski definition) is 0. The average Bonchev–Trinajstić information content (AvgIpc) is 1.88. The van der Waals surface area contributed by atoms with Gasteiger partial charge in [0.2, 0.25) is 0 Å². The third-order valence-corrected chi connectivity index (χ3v) is 2.72. The molecule has 0 atom stereocenters. The van der Waals surface area contributed by atoms with E-state index in [0.29, 0.717) is 0 Å². The van der Waals surface area contributed by atoms with Crippen LogP contribution in [0.15, 0.2) is 10.6 Å². The fourth-order valence-corrected chi connectivity index (χ4v) is 2.35. The van der Waals surface area contributed by atoms with Crippen LogP contribution in [0, 0.1) is 0 Å². The summed E-state index contributed by atoms with van der Waals surface area (Å²) in [5.41, 5.74) is 1.39. The summed E-state index contributed by atoms with van der Waals surface area (Å²) in [6.45, 7) is 0. The van der Waals surface area contributed by atoms with Crippen LogP contribution in [0.2, 0.25) is 0 Å². The molecule has 0 N–H and O–H groups in total. The number of rotatable bonds is 0. The third kappa shape index (κ3) is 0.479. The van der Waals surface area contributed by atoms with Crippen molar-refractivity contribution in [1.29, 1.82) is 0 Å². The zero-order valence-electron chi connectivity index (χ0n) is 4.38. The van der Waals surface area contributed by atoms with Gasteiger partial charge in [-0.2, -0.15) is 0 Å². The molecular formula is C6H6Cl2. The first-order valence-electron chi connectivity index (χ1n) is 2.75. The van der Waals surface area contributed by atoms with E-state index in [0.717, 1.165) is 24.3 Å². The Hall–Kier alpha value is 0.320. The molecule has 0 aliphatic heterocycles. The van der Waals surface area contributed by atoms with Crippen LogP contribution in [-0.4, -0.2) is 4.87 Å². The molecule has 1 fully saturated rings. The first-order chi connectivity index (χ1) is 3.70. The highest BCUT2D eigenvalue weighted by atomic mass is 35.5. The maximum atomic E-state index is 6.00. The number of fused-ring (bicyclic) bond motifs is 1. The monoisotopic (exact) mass is 148 g/mol. The second kappa shape index (κ2) is 1.25. The molecule has 3 rings (SSSR count). The van der Waals surface area contributed by atoms with E-state index in [4.69, 9.17) is 23.2 Å². The lowest BCUT2D eigenvalue weighted by Gasteiger charge is -2.29. The molecule has 0 aromatic carbocycles. The van der Waals surface area contributed by atoms with Gasteiger partial charge in [-0.05, 0) is 12.8 Å². The van der Waals surface area contributed by atoms with Gasteiger partial charge in [0.25, 0.3) is 0 Å². The molecule has 3 aliphatic rings. The van der Waals surface area contributed by atoms with Crippen LogP contribution < -0.4 is 0 Å². The molecule has 44 valence electrons. The standard InChI is InChI=1S/C6H6Cl2/c7-5-3-6(8)1-4(5)2-6/h1-3H2. The van der Waals surface area contributed by atoms with Gasteiger partial charge >= 0.3 is 0 Å². The van der Waals surface area contributed by atoms with Crippen molar-refractivity contribution in [2.24, 2.45) is 0 Å². The summed E-state index contributed by atoms with van der Waals surface area (Å²) in [6.07, 6.45) is 3.02. The van der Waals surface area contributed by atoms with Gasteiger partial charge in [-0.1, -0.05) is 17.2 Å². The highest BCUT2D eigenvalue weighted by molar-refractivity contribution is 6.34. The first kappa shape index (κ1) is 5.13. The SMILES string of the molecule is ClC1=C2CC(Cl)(C1)C2. The molecule has 1 saturated carbocycles. The summed E-state index contributed by atoms with van der Waals surface area (Å²) < 4.78 is 0. The highest BCUT2D eigenvalue weighted by Gasteiger charge is 2.46. The van der Waals surface area contributed by atoms with Crippen molar-refractivity contribution in [2.45, 2.75) is 24.1 Å². The van der Waals surface area contributed by atoms with Crippen LogP contribution in [-0.2, 0) is 0 Å². The van der Waals surface area contributed by atoms with Crippen LogP contribution in [0.1, 0.15) is 19.3 Å². The largest absolute Gasteiger partial charge is 0.118 e. The minimum atomic E-state index is 0.0758. The van der Waals surface area contributed by atoms with E-state index in [1.807, 2.05) is 0 Å². The molecule has 0 nitrogen and oxygen atoms in total. The molecule has 2 heteroatoms. The smallest absolute Gasteiger partial charge is 0.0570 e. The van der Waals surface area contributed by atoms with Crippen molar-refractivity contribution in [3.05, 3.63) is 10.6 Å². The Morgan fingerprint density at radius 1 is 1.25 bits per heavy atom. The fraction of sp³-hybridized carbons (Fsp3) is 0.667. The molecular weight excluding hydrogens is 143 g/mol. The zero-order chi connectivity index (χ0) is 5.78. The maximum absolute atomic E-state index is 6.00. The normalized spacial score (nSPS) is 30.8. The molecule has 0 aromatic rings. The van der Waals surface area contributed by atoms with Crippen LogP contribution in [0.3, 0.4) is 0 Å². The molecule has 0 aromatic heterocycles. The van der Waals surface area contributed by atoms with Crippen LogP contribution >= 0.6 is 23.2 Å². The van der Waals surface area contributed by atoms with E-state index < -0.39 is 0 Å². The Bertz CT molecular complexity index is 161. The van der Waals surface area contributed by atoms with Crippen LogP contribution in [0.5, 0.6) is 0 Å². The van der Waals surface area contributed by atoms with Gasteiger partial charge in [0, 0.05) is 11.5 Å². The first-order valence-corrected chi connectivity index (χ1v) is 3.51. The second-order valence-electron chi connectivity index (χ2n) is 2.69. The van der Waals surface area contributed by atoms with Gasteiger partial charge < -0.3 is 0 Å². The van der Waals surface area contributed by atoms with Crippen molar-refractivity contribution >= 4 is 23.2 Å². The van der Waals surface area contributed by atoms with Crippen molar-refractivity contribution in [1.82, 2.24) is 0 Å². The minimum absolute atomic E-state index is 0.0758. The average molecular weight is 149 g/mol. The lowest BCUT2D eigenvalue weighted by Crippen LogP contribution is -2.25. The number of allylic oxidation sites excluding steroid dienone is 2. The van der Waals surface area contributed by atoms with Gasteiger partial charge in [0.1, 0.15) is 0 Å². The highest BCUT2D eigenvalue weighted by Crippen LogP contribution is 2.56. The maximum Gasteiger partial charge on any atom is 0.0570 e. The quantitative estimate of drug-likeness (QED) is 0.464. The fourth-order valence-electron chi connectivity index (χ4n) is 1.43. The number of hydrogen-bond acceptors (Lipinski definition) is 0. The third-order valence-electron chi connectivity index (χ3n) is 1.92. The van der Waals surface area contributed by atoms with Gasteiger partial charge in [-0.3, -0.25) is 0 Å². The second-order valence-corrected chi connectivity index (χ2v) is 3.95. The van der Waals surface area contributed by atoms with E-state index in [1.54, 1.807) is 0 Å². The Morgan fingerprint density at radius 3 is 2.00 bits per heavy atom. The van der Waals surface area contributed by atoms with Crippen molar-refractivity contribution in [3.8, 4) is 0 Å². The molecule has 0 amide bonds. The van der Waals surface area contributed by atoms with Gasteiger partial charge in [-0.15, -0.1) is 11.6 Å². The van der Waals surface area contributed by atoms with E-state index in [9.17, 15) is 0 Å². The lowest BCUT2D eigenvalue weighted by molar-refractivity contribution is 0.517. The van der Waals surface area contributed by atoms with E-state index >= 15 is 0 Å². The van der Waals surface area contributed by atoms with Crippen molar-refractivity contribution in [3.63, 3.8) is 0 Å². The van der Waals surface area contributed by atoms with E-state index in [-0.39, 0.29) is 4.87 Å². The van der Waals surface area contributed by atoms with E-state index in [2.05, 4.69) is 0 Å². The van der Waals surface area contributed by atoms with Gasteiger partial charge in [-0.25, -0.2) is 0 Å². The molecule has 0 saturated heterocycles. The topological polar surface area (TPSA) is 0 Å². The van der Waals surface area contributed by atoms with Crippen LogP contribution in [0.4, 0.5) is 0 Å². The zero-order valence-corrected chi connectivity index (χ0v) is 5.89. The molecule has 2 bridgehead atoms. The summed E-state index contributed by atoms with van der Waals surface area (Å²) in [4.78, 5) is 0.0758. The van der Waals surface area contributed by atoms with Crippen molar-refractivity contribution < 1.29 is 0 Å². The molecule has 0 unspecified atom stereocenters. The predicted octanol–water partition coefficient (Wildman–Crippen LogP) is 2.65. The Labute approximate surface area is 58.5 Å². The molecule has 3 aliphatic carbocycles. The summed E-state index contributed by atoms with van der Waals surface area (Å²) in [5.74, 6) is 0. The van der Waals surface area contributed by atoms with Gasteiger partial charge in [0.15, 0.2) is 0 Å². The van der Waals surface area contributed by atoms with E-state index in [1.165, 1.54) is 5.57 Å². The minimum Gasteiger partial charge on any atom is -0.118 e. The summed E-state index contributed by atoms with van der Waals surface area (Å²) in [6, 6.07) is 0. The molecule has 0 heterocycles. The Balaban J connectivity index is 2.33. The summed E-state index contributed by atoms with van der Waals surface area (Å²) in [7, 11) is 0. The Morgan fingerprint density at radius 2 is 1.88 bits per heavy atom.